The van der Waals surface area contributed by atoms with Crippen molar-refractivity contribution in [3.05, 3.63) is 36.4 Å². The highest BCUT2D eigenvalue weighted by molar-refractivity contribution is 7.91. The molecule has 0 saturated heterocycles. The number of unbranched alkanes of at least 4 members (excludes halogenated alkanes) is 3. The number of phenols is 1. The van der Waals surface area contributed by atoms with Gasteiger partial charge in [0.05, 0.1) is 10.6 Å². The van der Waals surface area contributed by atoms with Crippen molar-refractivity contribution in [2.45, 2.75) is 37.5 Å². The summed E-state index contributed by atoms with van der Waals surface area (Å²) in [6.45, 7) is 2.10. The minimum atomic E-state index is -3.20. The van der Waals surface area contributed by atoms with Crippen molar-refractivity contribution in [1.29, 1.82) is 0 Å². The predicted molar refractivity (Wildman–Crippen MR) is 81.8 cm³/mol. The van der Waals surface area contributed by atoms with Gasteiger partial charge in [0.1, 0.15) is 5.75 Å². The standard InChI is InChI=1S/C16H20O3S/c1-2-3-4-5-10-20(18,19)16-9-7-13-11-15(17)8-6-14(13)12-16/h6-9,11-12,17H,2-5,10H2,1H3. The van der Waals surface area contributed by atoms with Crippen molar-refractivity contribution >= 4 is 20.6 Å². The summed E-state index contributed by atoms with van der Waals surface area (Å²) in [7, 11) is -3.20. The first-order valence-corrected chi connectivity index (χ1v) is 8.64. The minimum absolute atomic E-state index is 0.188. The van der Waals surface area contributed by atoms with Crippen molar-refractivity contribution in [1.82, 2.24) is 0 Å². The van der Waals surface area contributed by atoms with Crippen LogP contribution in [0.3, 0.4) is 0 Å². The lowest BCUT2D eigenvalue weighted by Crippen LogP contribution is -2.06. The third-order valence-corrected chi connectivity index (χ3v) is 5.22. The zero-order valence-electron chi connectivity index (χ0n) is 11.7. The van der Waals surface area contributed by atoms with Gasteiger partial charge in [0.2, 0.25) is 0 Å². The lowest BCUT2D eigenvalue weighted by Gasteiger charge is -2.06. The molecule has 0 saturated carbocycles. The number of benzene rings is 2. The summed E-state index contributed by atoms with van der Waals surface area (Å²) in [4.78, 5) is 0.368. The second kappa shape index (κ2) is 6.27. The van der Waals surface area contributed by atoms with Crippen molar-refractivity contribution in [3.63, 3.8) is 0 Å². The number of phenolic OH excluding ortho intramolecular Hbond substituents is 1. The maximum atomic E-state index is 12.3. The molecule has 0 amide bonds. The fraction of sp³-hybridized carbons (Fsp3) is 0.375. The Morgan fingerprint density at radius 1 is 0.950 bits per heavy atom. The van der Waals surface area contributed by atoms with Crippen LogP contribution >= 0.6 is 0 Å². The van der Waals surface area contributed by atoms with Gasteiger partial charge in [-0.3, -0.25) is 0 Å². The molecule has 108 valence electrons. The molecule has 2 aromatic rings. The third kappa shape index (κ3) is 3.51. The van der Waals surface area contributed by atoms with Gasteiger partial charge in [0.25, 0.3) is 0 Å². The summed E-state index contributed by atoms with van der Waals surface area (Å²) in [5, 5.41) is 11.1. The monoisotopic (exact) mass is 292 g/mol. The molecule has 0 aromatic heterocycles. The molecule has 0 radical (unpaired) electrons. The Morgan fingerprint density at radius 2 is 1.65 bits per heavy atom. The Morgan fingerprint density at radius 3 is 2.40 bits per heavy atom. The molecule has 0 spiro atoms. The van der Waals surface area contributed by atoms with Gasteiger partial charge in [-0.2, -0.15) is 0 Å². The molecule has 0 unspecified atom stereocenters. The second-order valence-electron chi connectivity index (χ2n) is 5.07. The van der Waals surface area contributed by atoms with Crippen LogP contribution in [0.4, 0.5) is 0 Å². The van der Waals surface area contributed by atoms with Crippen molar-refractivity contribution in [3.8, 4) is 5.75 Å². The Kier molecular flexibility index (Phi) is 4.65. The molecule has 0 atom stereocenters. The molecular weight excluding hydrogens is 272 g/mol. The van der Waals surface area contributed by atoms with E-state index in [1.807, 2.05) is 0 Å². The number of sulfone groups is 1. The average Bonchev–Trinajstić information content (AvgIpc) is 2.43. The van der Waals surface area contributed by atoms with Crippen LogP contribution in [0.1, 0.15) is 32.6 Å². The Bertz CT molecular complexity index is 690. The van der Waals surface area contributed by atoms with Crippen LogP contribution in [0.15, 0.2) is 41.3 Å². The molecule has 0 aliphatic heterocycles. The molecule has 0 heterocycles. The Labute approximate surface area is 120 Å². The van der Waals surface area contributed by atoms with E-state index < -0.39 is 9.84 Å². The molecule has 0 bridgehead atoms. The second-order valence-corrected chi connectivity index (χ2v) is 7.18. The molecule has 4 heteroatoms. The lowest BCUT2D eigenvalue weighted by molar-refractivity contribution is 0.476. The van der Waals surface area contributed by atoms with Gasteiger partial charge >= 0.3 is 0 Å². The van der Waals surface area contributed by atoms with E-state index in [1.54, 1.807) is 36.4 Å². The summed E-state index contributed by atoms with van der Waals surface area (Å²) in [5.74, 6) is 0.393. The largest absolute Gasteiger partial charge is 0.508 e. The number of aromatic hydroxyl groups is 1. The fourth-order valence-corrected chi connectivity index (χ4v) is 3.64. The van der Waals surface area contributed by atoms with E-state index in [1.165, 1.54) is 0 Å². The van der Waals surface area contributed by atoms with Crippen molar-refractivity contribution in [2.24, 2.45) is 0 Å². The van der Waals surface area contributed by atoms with E-state index in [2.05, 4.69) is 6.92 Å². The van der Waals surface area contributed by atoms with Crippen LogP contribution in [0.5, 0.6) is 5.75 Å². The van der Waals surface area contributed by atoms with Gasteiger partial charge in [-0.1, -0.05) is 38.3 Å². The van der Waals surface area contributed by atoms with Crippen LogP contribution in [0.25, 0.3) is 10.8 Å². The summed E-state index contributed by atoms with van der Waals surface area (Å²) in [5.41, 5.74) is 0. The van der Waals surface area contributed by atoms with Crippen LogP contribution in [-0.2, 0) is 9.84 Å². The van der Waals surface area contributed by atoms with Gasteiger partial charge in [-0.25, -0.2) is 8.42 Å². The molecule has 0 fully saturated rings. The van der Waals surface area contributed by atoms with E-state index >= 15 is 0 Å². The van der Waals surface area contributed by atoms with Crippen LogP contribution in [-0.4, -0.2) is 19.3 Å². The van der Waals surface area contributed by atoms with Gasteiger partial charge in [0.15, 0.2) is 9.84 Å². The number of hydrogen-bond donors (Lipinski definition) is 1. The van der Waals surface area contributed by atoms with Gasteiger partial charge < -0.3 is 5.11 Å². The van der Waals surface area contributed by atoms with E-state index in [4.69, 9.17) is 0 Å². The molecule has 1 N–H and O–H groups in total. The predicted octanol–water partition coefficient (Wildman–Crippen LogP) is 3.90. The highest BCUT2D eigenvalue weighted by Gasteiger charge is 2.14. The quantitative estimate of drug-likeness (QED) is 0.821. The maximum absolute atomic E-state index is 12.3. The van der Waals surface area contributed by atoms with Crippen molar-refractivity contribution in [2.75, 3.05) is 5.75 Å². The summed E-state index contributed by atoms with van der Waals surface area (Å²) in [6.07, 6.45) is 3.84. The molecule has 0 aliphatic rings. The van der Waals surface area contributed by atoms with E-state index in [-0.39, 0.29) is 11.5 Å². The molecular formula is C16H20O3S. The molecule has 3 nitrogen and oxygen atoms in total. The number of hydrogen-bond acceptors (Lipinski definition) is 3. The fourth-order valence-electron chi connectivity index (χ4n) is 2.24. The van der Waals surface area contributed by atoms with Crippen LogP contribution in [0.2, 0.25) is 0 Å². The van der Waals surface area contributed by atoms with E-state index in [0.717, 1.165) is 30.0 Å². The molecule has 0 aliphatic carbocycles. The smallest absolute Gasteiger partial charge is 0.178 e. The lowest BCUT2D eigenvalue weighted by atomic mass is 10.1. The van der Waals surface area contributed by atoms with E-state index in [0.29, 0.717) is 11.3 Å². The van der Waals surface area contributed by atoms with Crippen LogP contribution in [0, 0.1) is 0 Å². The molecule has 2 aromatic carbocycles. The van der Waals surface area contributed by atoms with E-state index in [9.17, 15) is 13.5 Å². The first kappa shape index (κ1) is 14.9. The normalized spacial score (nSPS) is 11.8. The number of fused-ring (bicyclic) bond motifs is 1. The first-order chi connectivity index (χ1) is 9.53. The van der Waals surface area contributed by atoms with Crippen LogP contribution < -0.4 is 0 Å². The minimum Gasteiger partial charge on any atom is -0.508 e. The summed E-state index contributed by atoms with van der Waals surface area (Å²) >= 11 is 0. The molecule has 2 rings (SSSR count). The van der Waals surface area contributed by atoms with Gasteiger partial charge in [-0.05, 0) is 41.5 Å². The highest BCUT2D eigenvalue weighted by atomic mass is 32.2. The van der Waals surface area contributed by atoms with Gasteiger partial charge in [-0.15, -0.1) is 0 Å². The Hall–Kier alpha value is -1.55. The third-order valence-electron chi connectivity index (χ3n) is 3.42. The van der Waals surface area contributed by atoms with Gasteiger partial charge in [0, 0.05) is 0 Å². The average molecular weight is 292 g/mol. The zero-order chi connectivity index (χ0) is 14.6. The number of rotatable bonds is 6. The first-order valence-electron chi connectivity index (χ1n) is 6.98. The highest BCUT2D eigenvalue weighted by Crippen LogP contribution is 2.24. The maximum Gasteiger partial charge on any atom is 0.178 e. The van der Waals surface area contributed by atoms with Crippen molar-refractivity contribution < 1.29 is 13.5 Å². The zero-order valence-corrected chi connectivity index (χ0v) is 12.5. The Balaban J connectivity index is 2.21. The summed E-state index contributed by atoms with van der Waals surface area (Å²) in [6, 6.07) is 9.99. The summed E-state index contributed by atoms with van der Waals surface area (Å²) < 4.78 is 24.5. The molecule has 20 heavy (non-hydrogen) atoms. The SMILES string of the molecule is CCCCCCS(=O)(=O)c1ccc2cc(O)ccc2c1. The topological polar surface area (TPSA) is 54.4 Å².